The summed E-state index contributed by atoms with van der Waals surface area (Å²) in [6, 6.07) is 6.07. The average Bonchev–Trinajstić information content (AvgIpc) is 2.89. The fourth-order valence-electron chi connectivity index (χ4n) is 3.36. The largest absolute Gasteiger partial charge is 0.478 e. The van der Waals surface area contributed by atoms with Crippen LogP contribution in [0.25, 0.3) is 0 Å². The Balaban J connectivity index is 1.92. The topological polar surface area (TPSA) is 46.5 Å². The van der Waals surface area contributed by atoms with Crippen LogP contribution in [0, 0.1) is 0 Å². The van der Waals surface area contributed by atoms with Gasteiger partial charge < -0.3 is 9.84 Å². The van der Waals surface area contributed by atoms with Gasteiger partial charge >= 0.3 is 5.97 Å². The minimum atomic E-state index is -0.980. The summed E-state index contributed by atoms with van der Waals surface area (Å²) in [5.74, 6) is -0.0000810. The quantitative estimate of drug-likeness (QED) is 0.906. The van der Waals surface area contributed by atoms with Crippen molar-refractivity contribution in [3.05, 3.63) is 29.3 Å². The van der Waals surface area contributed by atoms with E-state index in [4.69, 9.17) is 4.74 Å². The van der Waals surface area contributed by atoms with Crippen LogP contribution in [0.1, 0.15) is 49.7 Å². The van der Waals surface area contributed by atoms with Gasteiger partial charge in [-0.25, -0.2) is 4.79 Å². The molecule has 1 aromatic carbocycles. The molecule has 3 nitrogen and oxygen atoms in total. The second-order valence-electron chi connectivity index (χ2n) is 5.71. The Bertz CT molecular complexity index is 487. The van der Waals surface area contributed by atoms with E-state index in [1.807, 2.05) is 12.1 Å². The van der Waals surface area contributed by atoms with Gasteiger partial charge in [0.05, 0.1) is 0 Å². The maximum Gasteiger partial charge on any atom is 0.348 e. The van der Waals surface area contributed by atoms with Gasteiger partial charge in [0.2, 0.25) is 5.60 Å². The Hall–Kier alpha value is -1.51. The molecule has 1 aromatic rings. The summed E-state index contributed by atoms with van der Waals surface area (Å²) in [4.78, 5) is 11.6. The number of fused-ring (bicyclic) bond motifs is 1. The van der Waals surface area contributed by atoms with Crippen LogP contribution in [0.3, 0.4) is 0 Å². The van der Waals surface area contributed by atoms with E-state index in [1.165, 1.54) is 24.0 Å². The Morgan fingerprint density at radius 3 is 2.58 bits per heavy atom. The van der Waals surface area contributed by atoms with Crippen molar-refractivity contribution in [3.8, 4) is 5.75 Å². The lowest BCUT2D eigenvalue weighted by atomic mass is 9.91. The fourth-order valence-corrected chi connectivity index (χ4v) is 3.36. The lowest BCUT2D eigenvalue weighted by molar-refractivity contribution is -0.154. The number of carboxylic acid groups (broad SMARTS) is 1. The minimum Gasteiger partial charge on any atom is -0.478 e. The van der Waals surface area contributed by atoms with Crippen LogP contribution in [0.4, 0.5) is 0 Å². The van der Waals surface area contributed by atoms with Crippen LogP contribution in [-0.4, -0.2) is 16.7 Å². The van der Waals surface area contributed by atoms with Crippen molar-refractivity contribution in [1.82, 2.24) is 0 Å². The summed E-state index contributed by atoms with van der Waals surface area (Å²) in [7, 11) is 0. The summed E-state index contributed by atoms with van der Waals surface area (Å²) in [6.45, 7) is 0. The first-order valence-electron chi connectivity index (χ1n) is 7.24. The summed E-state index contributed by atoms with van der Waals surface area (Å²) in [6.07, 6.45) is 7.66. The molecule has 102 valence electrons. The van der Waals surface area contributed by atoms with Crippen molar-refractivity contribution in [3.63, 3.8) is 0 Å². The highest BCUT2D eigenvalue weighted by Crippen LogP contribution is 2.38. The van der Waals surface area contributed by atoms with Gasteiger partial charge in [-0.2, -0.15) is 0 Å². The number of aliphatic carboxylic acids is 1. The zero-order valence-corrected chi connectivity index (χ0v) is 11.2. The number of carboxylic acids is 1. The van der Waals surface area contributed by atoms with E-state index in [-0.39, 0.29) is 0 Å². The van der Waals surface area contributed by atoms with Gasteiger partial charge in [0.25, 0.3) is 0 Å². The number of ether oxygens (including phenoxy) is 1. The van der Waals surface area contributed by atoms with E-state index in [0.29, 0.717) is 12.8 Å². The molecule has 19 heavy (non-hydrogen) atoms. The lowest BCUT2D eigenvalue weighted by Crippen LogP contribution is -2.42. The summed E-state index contributed by atoms with van der Waals surface area (Å²) < 4.78 is 6.02. The first-order valence-corrected chi connectivity index (χ1v) is 7.24. The van der Waals surface area contributed by atoms with Crippen LogP contribution >= 0.6 is 0 Å². The molecule has 0 amide bonds. The van der Waals surface area contributed by atoms with Crippen LogP contribution in [0.2, 0.25) is 0 Å². The SMILES string of the molecule is O=C(O)C1(Oc2cccc3c2CCCC3)CCCC1. The lowest BCUT2D eigenvalue weighted by Gasteiger charge is -2.28. The molecule has 0 aliphatic heterocycles. The molecule has 0 unspecified atom stereocenters. The first kappa shape index (κ1) is 12.5. The van der Waals surface area contributed by atoms with Gasteiger partial charge in [0.15, 0.2) is 0 Å². The predicted molar refractivity (Wildman–Crippen MR) is 72.5 cm³/mol. The predicted octanol–water partition coefficient (Wildman–Crippen LogP) is 3.34. The molecular formula is C16H20O3. The molecule has 2 aliphatic carbocycles. The van der Waals surface area contributed by atoms with Crippen LogP contribution in [0.5, 0.6) is 5.75 Å². The van der Waals surface area contributed by atoms with E-state index in [0.717, 1.165) is 31.4 Å². The number of hydrogen-bond donors (Lipinski definition) is 1. The smallest absolute Gasteiger partial charge is 0.348 e. The molecule has 0 atom stereocenters. The van der Waals surface area contributed by atoms with Crippen LogP contribution in [0.15, 0.2) is 18.2 Å². The van der Waals surface area contributed by atoms with E-state index in [1.54, 1.807) is 0 Å². The van der Waals surface area contributed by atoms with Crippen molar-refractivity contribution in [1.29, 1.82) is 0 Å². The van der Waals surface area contributed by atoms with Crippen molar-refractivity contribution in [2.75, 3.05) is 0 Å². The minimum absolute atomic E-state index is 0.631. The van der Waals surface area contributed by atoms with Crippen molar-refractivity contribution in [2.24, 2.45) is 0 Å². The zero-order chi connectivity index (χ0) is 13.3. The van der Waals surface area contributed by atoms with Gasteiger partial charge in [-0.1, -0.05) is 12.1 Å². The highest BCUT2D eigenvalue weighted by atomic mass is 16.5. The molecule has 0 bridgehead atoms. The number of hydrogen-bond acceptors (Lipinski definition) is 2. The zero-order valence-electron chi connectivity index (χ0n) is 11.2. The third-order valence-electron chi connectivity index (χ3n) is 4.46. The number of rotatable bonds is 3. The molecule has 3 heteroatoms. The maximum atomic E-state index is 11.6. The molecule has 1 saturated carbocycles. The van der Waals surface area contributed by atoms with Crippen LogP contribution < -0.4 is 4.74 Å². The highest BCUT2D eigenvalue weighted by Gasteiger charge is 2.44. The summed E-state index contributed by atoms with van der Waals surface area (Å²) in [5, 5.41) is 9.50. The van der Waals surface area contributed by atoms with Gasteiger partial charge in [-0.15, -0.1) is 0 Å². The first-order chi connectivity index (χ1) is 9.21. The van der Waals surface area contributed by atoms with E-state index in [9.17, 15) is 9.90 Å². The van der Waals surface area contributed by atoms with Gasteiger partial charge in [-0.05, 0) is 68.6 Å². The van der Waals surface area contributed by atoms with E-state index in [2.05, 4.69) is 6.07 Å². The third kappa shape index (κ3) is 2.22. The molecule has 1 fully saturated rings. The van der Waals surface area contributed by atoms with E-state index >= 15 is 0 Å². The fraction of sp³-hybridized carbons (Fsp3) is 0.562. The van der Waals surface area contributed by atoms with Crippen LogP contribution in [-0.2, 0) is 17.6 Å². The summed E-state index contributed by atoms with van der Waals surface area (Å²) >= 11 is 0. The standard InChI is InChI=1S/C16H20O3/c17-15(18)16(10-3-4-11-16)19-14-9-5-7-12-6-1-2-8-13(12)14/h5,7,9H,1-4,6,8,10-11H2,(H,17,18). The molecule has 2 aliphatic rings. The number of aryl methyl sites for hydroxylation is 1. The molecule has 0 saturated heterocycles. The number of benzene rings is 1. The Kier molecular flexibility index (Phi) is 3.21. The number of carbonyl (C=O) groups is 1. The molecular weight excluding hydrogens is 240 g/mol. The molecule has 1 N–H and O–H groups in total. The average molecular weight is 260 g/mol. The second kappa shape index (κ2) is 4.87. The van der Waals surface area contributed by atoms with Crippen molar-refractivity contribution >= 4 is 5.97 Å². The third-order valence-corrected chi connectivity index (χ3v) is 4.46. The second-order valence-corrected chi connectivity index (χ2v) is 5.71. The summed E-state index contributed by atoms with van der Waals surface area (Å²) in [5.41, 5.74) is 1.59. The van der Waals surface area contributed by atoms with Crippen molar-refractivity contribution in [2.45, 2.75) is 57.0 Å². The molecule has 0 aromatic heterocycles. The Morgan fingerprint density at radius 2 is 1.84 bits per heavy atom. The molecule has 3 rings (SSSR count). The van der Waals surface area contributed by atoms with Crippen molar-refractivity contribution < 1.29 is 14.6 Å². The Morgan fingerprint density at radius 1 is 1.11 bits per heavy atom. The van der Waals surface area contributed by atoms with Gasteiger partial charge in [0, 0.05) is 0 Å². The van der Waals surface area contributed by atoms with E-state index < -0.39 is 11.6 Å². The monoisotopic (exact) mass is 260 g/mol. The normalized spacial score (nSPS) is 20.8. The van der Waals surface area contributed by atoms with Gasteiger partial charge in [0.1, 0.15) is 5.75 Å². The molecule has 0 spiro atoms. The molecule has 0 radical (unpaired) electrons. The molecule has 0 heterocycles. The van der Waals surface area contributed by atoms with Gasteiger partial charge in [-0.3, -0.25) is 0 Å². The highest BCUT2D eigenvalue weighted by molar-refractivity contribution is 5.78. The Labute approximate surface area is 113 Å². The maximum absolute atomic E-state index is 11.6.